The van der Waals surface area contributed by atoms with Gasteiger partial charge in [-0.1, -0.05) is 20.3 Å². The summed E-state index contributed by atoms with van der Waals surface area (Å²) in [6.07, 6.45) is 8.19. The van der Waals surface area contributed by atoms with Gasteiger partial charge in [0.1, 0.15) is 0 Å². The summed E-state index contributed by atoms with van der Waals surface area (Å²) in [7, 11) is 2.00. The summed E-state index contributed by atoms with van der Waals surface area (Å²) < 4.78 is 0. The number of nitrogens with two attached hydrogens (primary N) is 1. The normalized spacial score (nSPS) is 39.9. The van der Waals surface area contributed by atoms with Crippen molar-refractivity contribution in [2.24, 2.45) is 23.5 Å². The molecule has 2 aliphatic rings. The van der Waals surface area contributed by atoms with Gasteiger partial charge in [-0.15, -0.1) is 0 Å². The van der Waals surface area contributed by atoms with Crippen LogP contribution in [-0.2, 0) is 4.79 Å². The minimum Gasteiger partial charge on any atom is -0.342 e. The van der Waals surface area contributed by atoms with Crippen molar-refractivity contribution in [3.8, 4) is 0 Å². The van der Waals surface area contributed by atoms with Crippen LogP contribution < -0.4 is 5.73 Å². The molecule has 2 N–H and O–H groups in total. The highest BCUT2D eigenvalue weighted by molar-refractivity contribution is 5.80. The zero-order valence-electron chi connectivity index (χ0n) is 12.8. The zero-order valence-corrected chi connectivity index (χ0v) is 12.8. The third-order valence-corrected chi connectivity index (χ3v) is 5.44. The van der Waals surface area contributed by atoms with Gasteiger partial charge in [-0.3, -0.25) is 4.79 Å². The average Bonchev–Trinajstić information content (AvgIpc) is 2.38. The van der Waals surface area contributed by atoms with E-state index in [9.17, 15) is 4.79 Å². The van der Waals surface area contributed by atoms with E-state index in [4.69, 9.17) is 5.73 Å². The van der Waals surface area contributed by atoms with Gasteiger partial charge in [-0.2, -0.15) is 0 Å². The van der Waals surface area contributed by atoms with Gasteiger partial charge in [0, 0.05) is 19.1 Å². The van der Waals surface area contributed by atoms with Gasteiger partial charge in [-0.05, 0) is 50.4 Å². The Hall–Kier alpha value is -0.570. The highest BCUT2D eigenvalue weighted by Crippen LogP contribution is 2.33. The van der Waals surface area contributed by atoms with Crippen molar-refractivity contribution in [1.29, 1.82) is 0 Å². The Morgan fingerprint density at radius 2 is 1.68 bits per heavy atom. The summed E-state index contributed by atoms with van der Waals surface area (Å²) in [4.78, 5) is 14.8. The van der Waals surface area contributed by atoms with E-state index >= 15 is 0 Å². The van der Waals surface area contributed by atoms with Crippen LogP contribution in [0.1, 0.15) is 58.8 Å². The Bertz CT molecular complexity index is 300. The molecule has 19 heavy (non-hydrogen) atoms. The molecule has 0 aromatic heterocycles. The molecule has 3 unspecified atom stereocenters. The molecule has 2 rings (SSSR count). The minimum absolute atomic E-state index is 0.0538. The maximum absolute atomic E-state index is 12.7. The predicted octanol–water partition coefficient (Wildman–Crippen LogP) is 2.79. The lowest BCUT2D eigenvalue weighted by Gasteiger charge is -2.40. The third kappa shape index (κ3) is 3.31. The smallest absolute Gasteiger partial charge is 0.227 e. The molecule has 3 heteroatoms. The SMILES string of the molecule is CC1CCC(N(C)C(=O)C2C(C)CCCC2N)CC1. The minimum atomic E-state index is 0.0538. The van der Waals surface area contributed by atoms with Gasteiger partial charge in [0.2, 0.25) is 5.91 Å². The van der Waals surface area contributed by atoms with Crippen molar-refractivity contribution in [3.05, 3.63) is 0 Å². The summed E-state index contributed by atoms with van der Waals surface area (Å²) in [5.74, 6) is 1.63. The first kappa shape index (κ1) is 14.8. The molecule has 0 aromatic carbocycles. The molecule has 0 aliphatic heterocycles. The first-order valence-electron chi connectivity index (χ1n) is 8.03. The lowest BCUT2D eigenvalue weighted by Crippen LogP contribution is -2.51. The maximum atomic E-state index is 12.7. The quantitative estimate of drug-likeness (QED) is 0.835. The van der Waals surface area contributed by atoms with Crippen molar-refractivity contribution in [1.82, 2.24) is 4.90 Å². The summed E-state index contributed by atoms with van der Waals surface area (Å²) in [5.41, 5.74) is 6.21. The van der Waals surface area contributed by atoms with E-state index in [0.29, 0.717) is 17.9 Å². The van der Waals surface area contributed by atoms with Crippen LogP contribution in [-0.4, -0.2) is 29.9 Å². The number of hydrogen-bond acceptors (Lipinski definition) is 2. The highest BCUT2D eigenvalue weighted by Gasteiger charge is 2.37. The molecule has 0 aromatic rings. The zero-order chi connectivity index (χ0) is 14.0. The van der Waals surface area contributed by atoms with Crippen LogP contribution in [0.3, 0.4) is 0 Å². The number of hydrogen-bond donors (Lipinski definition) is 1. The molecule has 2 aliphatic carbocycles. The highest BCUT2D eigenvalue weighted by atomic mass is 16.2. The molecule has 3 atom stereocenters. The molecule has 0 bridgehead atoms. The number of rotatable bonds is 2. The molecule has 2 fully saturated rings. The summed E-state index contributed by atoms with van der Waals surface area (Å²) in [6.45, 7) is 4.51. The summed E-state index contributed by atoms with van der Waals surface area (Å²) in [6, 6.07) is 0.520. The number of amides is 1. The lowest BCUT2D eigenvalue weighted by molar-refractivity contribution is -0.140. The van der Waals surface area contributed by atoms with Crippen LogP contribution >= 0.6 is 0 Å². The lowest BCUT2D eigenvalue weighted by atomic mass is 9.76. The monoisotopic (exact) mass is 266 g/mol. The van der Waals surface area contributed by atoms with Crippen molar-refractivity contribution in [3.63, 3.8) is 0 Å². The molecule has 110 valence electrons. The van der Waals surface area contributed by atoms with E-state index in [1.165, 1.54) is 32.1 Å². The van der Waals surface area contributed by atoms with Crippen molar-refractivity contribution < 1.29 is 4.79 Å². The second-order valence-electron chi connectivity index (χ2n) is 6.96. The Labute approximate surface area is 117 Å². The number of carbonyl (C=O) groups excluding carboxylic acids is 1. The Balaban J connectivity index is 1.97. The fourth-order valence-corrected chi connectivity index (χ4v) is 3.93. The summed E-state index contributed by atoms with van der Waals surface area (Å²) >= 11 is 0. The predicted molar refractivity (Wildman–Crippen MR) is 78.7 cm³/mol. The van der Waals surface area contributed by atoms with Crippen molar-refractivity contribution in [2.75, 3.05) is 7.05 Å². The maximum Gasteiger partial charge on any atom is 0.227 e. The van der Waals surface area contributed by atoms with Gasteiger partial charge in [-0.25, -0.2) is 0 Å². The van der Waals surface area contributed by atoms with Crippen molar-refractivity contribution >= 4 is 5.91 Å². The van der Waals surface area contributed by atoms with Crippen LogP contribution in [0.4, 0.5) is 0 Å². The van der Waals surface area contributed by atoms with E-state index in [1.54, 1.807) is 0 Å². The van der Waals surface area contributed by atoms with Gasteiger partial charge < -0.3 is 10.6 Å². The van der Waals surface area contributed by atoms with Gasteiger partial charge in [0.15, 0.2) is 0 Å². The Morgan fingerprint density at radius 3 is 2.26 bits per heavy atom. The van der Waals surface area contributed by atoms with Crippen LogP contribution in [0.15, 0.2) is 0 Å². The molecule has 1 amide bonds. The number of nitrogens with zero attached hydrogens (tertiary/aromatic N) is 1. The summed E-state index contributed by atoms with van der Waals surface area (Å²) in [5, 5.41) is 0. The largest absolute Gasteiger partial charge is 0.342 e. The second-order valence-corrected chi connectivity index (χ2v) is 6.96. The van der Waals surface area contributed by atoms with Crippen molar-refractivity contribution in [2.45, 2.75) is 70.9 Å². The van der Waals surface area contributed by atoms with Crippen LogP contribution in [0.2, 0.25) is 0 Å². The molecular formula is C16H30N2O. The topological polar surface area (TPSA) is 46.3 Å². The third-order valence-electron chi connectivity index (χ3n) is 5.44. The van der Waals surface area contributed by atoms with Gasteiger partial charge >= 0.3 is 0 Å². The van der Waals surface area contributed by atoms with E-state index in [1.807, 2.05) is 11.9 Å². The van der Waals surface area contributed by atoms with Gasteiger partial charge in [0.25, 0.3) is 0 Å². The fraction of sp³-hybridized carbons (Fsp3) is 0.938. The Morgan fingerprint density at radius 1 is 1.05 bits per heavy atom. The van der Waals surface area contributed by atoms with Gasteiger partial charge in [0.05, 0.1) is 5.92 Å². The van der Waals surface area contributed by atoms with E-state index in [0.717, 1.165) is 18.8 Å². The molecule has 0 spiro atoms. The van der Waals surface area contributed by atoms with E-state index < -0.39 is 0 Å². The standard InChI is InChI=1S/C16H30N2O/c1-11-7-9-13(10-8-11)18(3)16(19)15-12(2)5-4-6-14(15)17/h11-15H,4-10,17H2,1-3H3. The second kappa shape index (κ2) is 6.25. The average molecular weight is 266 g/mol. The molecule has 2 saturated carbocycles. The molecule has 0 radical (unpaired) electrons. The Kier molecular flexibility index (Phi) is 4.88. The first-order chi connectivity index (χ1) is 9.00. The van der Waals surface area contributed by atoms with Crippen LogP contribution in [0, 0.1) is 17.8 Å². The van der Waals surface area contributed by atoms with E-state index in [2.05, 4.69) is 13.8 Å². The number of carbonyl (C=O) groups is 1. The fourth-order valence-electron chi connectivity index (χ4n) is 3.93. The molecular weight excluding hydrogens is 236 g/mol. The van der Waals surface area contributed by atoms with E-state index in [-0.39, 0.29) is 12.0 Å². The van der Waals surface area contributed by atoms with Crippen LogP contribution in [0.5, 0.6) is 0 Å². The van der Waals surface area contributed by atoms with Crippen LogP contribution in [0.25, 0.3) is 0 Å². The molecule has 3 nitrogen and oxygen atoms in total. The molecule has 0 saturated heterocycles. The molecule has 0 heterocycles. The first-order valence-corrected chi connectivity index (χ1v) is 8.03.